The molecular formula is C14H14N4O2. The Bertz CT molecular complexity index is 643. The fourth-order valence-electron chi connectivity index (χ4n) is 1.63. The Morgan fingerprint density at radius 2 is 2.25 bits per heavy atom. The lowest BCUT2D eigenvalue weighted by Gasteiger charge is -2.08. The van der Waals surface area contributed by atoms with Gasteiger partial charge in [0.15, 0.2) is 5.82 Å². The number of amides is 1. The standard InChI is InChI=1S/C14H14N4O2/c1-3-8-15-9-13(19)17-12-7-5-4-6-11(12)14-16-10(2)18-20-14/h1,4-7,15H,8-9H2,2H3,(H,17,19). The molecule has 1 aromatic carbocycles. The fourth-order valence-corrected chi connectivity index (χ4v) is 1.63. The second-order valence-electron chi connectivity index (χ2n) is 4.05. The first-order valence-corrected chi connectivity index (χ1v) is 6.04. The summed E-state index contributed by atoms with van der Waals surface area (Å²) in [5.41, 5.74) is 1.29. The van der Waals surface area contributed by atoms with Crippen LogP contribution in [0.4, 0.5) is 5.69 Å². The van der Waals surface area contributed by atoms with Crippen LogP contribution in [0, 0.1) is 19.3 Å². The van der Waals surface area contributed by atoms with Gasteiger partial charge in [0.1, 0.15) is 0 Å². The van der Waals surface area contributed by atoms with Crippen molar-refractivity contribution in [2.24, 2.45) is 0 Å². The molecule has 2 aromatic rings. The molecule has 1 heterocycles. The van der Waals surface area contributed by atoms with E-state index in [1.54, 1.807) is 19.1 Å². The molecule has 1 amide bonds. The number of anilines is 1. The number of carbonyl (C=O) groups excluding carboxylic acids is 1. The van der Waals surface area contributed by atoms with Gasteiger partial charge in [-0.1, -0.05) is 23.2 Å². The monoisotopic (exact) mass is 270 g/mol. The van der Waals surface area contributed by atoms with Crippen molar-refractivity contribution in [2.45, 2.75) is 6.92 Å². The van der Waals surface area contributed by atoms with Crippen molar-refractivity contribution in [2.75, 3.05) is 18.4 Å². The smallest absolute Gasteiger partial charge is 0.260 e. The molecule has 2 N–H and O–H groups in total. The number of hydrogen-bond acceptors (Lipinski definition) is 5. The molecule has 102 valence electrons. The van der Waals surface area contributed by atoms with Crippen molar-refractivity contribution in [3.8, 4) is 23.8 Å². The number of nitrogens with zero attached hydrogens (tertiary/aromatic N) is 2. The summed E-state index contributed by atoms with van der Waals surface area (Å²) in [5, 5.41) is 9.34. The molecule has 1 aromatic heterocycles. The normalized spacial score (nSPS) is 10.0. The first kappa shape index (κ1) is 13.8. The maximum atomic E-state index is 11.8. The molecule has 0 fully saturated rings. The highest BCUT2D eigenvalue weighted by molar-refractivity contribution is 5.95. The Kier molecular flexibility index (Phi) is 4.47. The molecule has 6 nitrogen and oxygen atoms in total. The van der Waals surface area contributed by atoms with Gasteiger partial charge in [0, 0.05) is 0 Å². The number of rotatable bonds is 5. The van der Waals surface area contributed by atoms with E-state index < -0.39 is 0 Å². The second-order valence-corrected chi connectivity index (χ2v) is 4.05. The van der Waals surface area contributed by atoms with Gasteiger partial charge in [0.25, 0.3) is 5.89 Å². The Labute approximate surface area is 116 Å². The molecule has 0 aliphatic carbocycles. The SMILES string of the molecule is C#CCNCC(=O)Nc1ccccc1-c1nc(C)no1. The average Bonchev–Trinajstić information content (AvgIpc) is 2.86. The number of carbonyl (C=O) groups is 1. The van der Waals surface area contributed by atoms with Gasteiger partial charge in [0.2, 0.25) is 5.91 Å². The molecular weight excluding hydrogens is 256 g/mol. The summed E-state index contributed by atoms with van der Waals surface area (Å²) in [6.07, 6.45) is 5.10. The molecule has 0 unspecified atom stereocenters. The van der Waals surface area contributed by atoms with Gasteiger partial charge >= 0.3 is 0 Å². The number of terminal acetylenes is 1. The lowest BCUT2D eigenvalue weighted by atomic mass is 10.1. The number of aryl methyl sites for hydroxylation is 1. The predicted molar refractivity (Wildman–Crippen MR) is 74.8 cm³/mol. The molecule has 0 saturated carbocycles. The van der Waals surface area contributed by atoms with E-state index in [2.05, 4.69) is 26.7 Å². The van der Waals surface area contributed by atoms with Gasteiger partial charge in [-0.2, -0.15) is 4.98 Å². The van der Waals surface area contributed by atoms with Crippen molar-refractivity contribution < 1.29 is 9.32 Å². The zero-order chi connectivity index (χ0) is 14.4. The summed E-state index contributed by atoms with van der Waals surface area (Å²) in [4.78, 5) is 15.9. The highest BCUT2D eigenvalue weighted by Crippen LogP contribution is 2.26. The quantitative estimate of drug-likeness (QED) is 0.630. The summed E-state index contributed by atoms with van der Waals surface area (Å²) in [7, 11) is 0. The van der Waals surface area contributed by atoms with Crippen molar-refractivity contribution >= 4 is 11.6 Å². The van der Waals surface area contributed by atoms with E-state index in [1.165, 1.54) is 0 Å². The largest absolute Gasteiger partial charge is 0.334 e. The summed E-state index contributed by atoms with van der Waals surface area (Å²) in [6.45, 7) is 2.22. The first-order valence-electron chi connectivity index (χ1n) is 6.04. The van der Waals surface area contributed by atoms with Gasteiger partial charge < -0.3 is 9.84 Å². The lowest BCUT2D eigenvalue weighted by Crippen LogP contribution is -2.28. The third-order valence-corrected chi connectivity index (χ3v) is 2.47. The third kappa shape index (κ3) is 3.43. The van der Waals surface area contributed by atoms with E-state index >= 15 is 0 Å². The van der Waals surface area contributed by atoms with Crippen LogP contribution in [-0.4, -0.2) is 29.1 Å². The highest BCUT2D eigenvalue weighted by Gasteiger charge is 2.12. The van der Waals surface area contributed by atoms with Gasteiger partial charge in [-0.25, -0.2) is 0 Å². The summed E-state index contributed by atoms with van der Waals surface area (Å²) >= 11 is 0. The first-order chi connectivity index (χ1) is 9.70. The number of para-hydroxylation sites is 1. The van der Waals surface area contributed by atoms with E-state index in [4.69, 9.17) is 10.9 Å². The van der Waals surface area contributed by atoms with Crippen LogP contribution >= 0.6 is 0 Å². The van der Waals surface area contributed by atoms with Crippen molar-refractivity contribution in [3.05, 3.63) is 30.1 Å². The Morgan fingerprint density at radius 1 is 1.45 bits per heavy atom. The topological polar surface area (TPSA) is 80.0 Å². The van der Waals surface area contributed by atoms with Crippen LogP contribution in [-0.2, 0) is 4.79 Å². The van der Waals surface area contributed by atoms with Crippen LogP contribution in [0.3, 0.4) is 0 Å². The van der Waals surface area contributed by atoms with E-state index in [0.29, 0.717) is 29.5 Å². The van der Waals surface area contributed by atoms with E-state index in [9.17, 15) is 4.79 Å². The van der Waals surface area contributed by atoms with Crippen LogP contribution < -0.4 is 10.6 Å². The van der Waals surface area contributed by atoms with E-state index in [1.807, 2.05) is 12.1 Å². The number of benzene rings is 1. The van der Waals surface area contributed by atoms with Crippen molar-refractivity contribution in [1.82, 2.24) is 15.5 Å². The van der Waals surface area contributed by atoms with Gasteiger partial charge in [-0.05, 0) is 19.1 Å². The van der Waals surface area contributed by atoms with Crippen LogP contribution in [0.25, 0.3) is 11.5 Å². The van der Waals surface area contributed by atoms with E-state index in [0.717, 1.165) is 0 Å². The molecule has 20 heavy (non-hydrogen) atoms. The third-order valence-electron chi connectivity index (χ3n) is 2.47. The van der Waals surface area contributed by atoms with Crippen LogP contribution in [0.5, 0.6) is 0 Å². The van der Waals surface area contributed by atoms with Gasteiger partial charge in [-0.3, -0.25) is 10.1 Å². The minimum absolute atomic E-state index is 0.140. The van der Waals surface area contributed by atoms with Crippen molar-refractivity contribution in [1.29, 1.82) is 0 Å². The lowest BCUT2D eigenvalue weighted by molar-refractivity contribution is -0.115. The Morgan fingerprint density at radius 3 is 2.95 bits per heavy atom. The molecule has 0 aliphatic rings. The number of nitrogens with one attached hydrogen (secondary N) is 2. The fraction of sp³-hybridized carbons (Fsp3) is 0.214. The second kappa shape index (κ2) is 6.50. The van der Waals surface area contributed by atoms with Gasteiger partial charge in [-0.15, -0.1) is 6.42 Å². The molecule has 0 atom stereocenters. The zero-order valence-corrected chi connectivity index (χ0v) is 11.0. The van der Waals surface area contributed by atoms with Crippen LogP contribution in [0.15, 0.2) is 28.8 Å². The van der Waals surface area contributed by atoms with E-state index in [-0.39, 0.29) is 12.5 Å². The summed E-state index contributed by atoms with van der Waals surface area (Å²) in [6, 6.07) is 7.23. The minimum Gasteiger partial charge on any atom is -0.334 e. The Hall–Kier alpha value is -2.65. The zero-order valence-electron chi connectivity index (χ0n) is 11.0. The predicted octanol–water partition coefficient (Wildman–Crippen LogP) is 1.21. The number of aromatic nitrogens is 2. The van der Waals surface area contributed by atoms with Crippen LogP contribution in [0.1, 0.15) is 5.82 Å². The maximum absolute atomic E-state index is 11.8. The molecule has 6 heteroatoms. The maximum Gasteiger partial charge on any atom is 0.260 e. The highest BCUT2D eigenvalue weighted by atomic mass is 16.5. The summed E-state index contributed by atoms with van der Waals surface area (Å²) < 4.78 is 5.12. The molecule has 0 radical (unpaired) electrons. The Balaban J connectivity index is 2.13. The van der Waals surface area contributed by atoms with Crippen molar-refractivity contribution in [3.63, 3.8) is 0 Å². The summed E-state index contributed by atoms with van der Waals surface area (Å²) in [5.74, 6) is 3.12. The molecule has 0 saturated heterocycles. The van der Waals surface area contributed by atoms with Gasteiger partial charge in [0.05, 0.1) is 24.3 Å². The molecule has 0 spiro atoms. The minimum atomic E-state index is -0.191. The molecule has 0 aliphatic heterocycles. The molecule has 0 bridgehead atoms. The van der Waals surface area contributed by atoms with Crippen LogP contribution in [0.2, 0.25) is 0 Å². The average molecular weight is 270 g/mol. The molecule has 2 rings (SSSR count). The number of hydrogen-bond donors (Lipinski definition) is 2.